The fraction of sp³-hybridized carbons (Fsp3) is 0.423. The van der Waals surface area contributed by atoms with E-state index in [9.17, 15) is 22.8 Å². The Morgan fingerprint density at radius 3 is 2.47 bits per heavy atom. The van der Waals surface area contributed by atoms with Crippen LogP contribution in [0.4, 0.5) is 34.1 Å². The van der Waals surface area contributed by atoms with Gasteiger partial charge in [0.1, 0.15) is 5.60 Å². The van der Waals surface area contributed by atoms with Gasteiger partial charge in [0.2, 0.25) is 6.23 Å². The molecule has 0 spiro atoms. The van der Waals surface area contributed by atoms with E-state index >= 15 is 0 Å². The lowest BCUT2D eigenvalue weighted by Gasteiger charge is -2.24. The van der Waals surface area contributed by atoms with E-state index in [0.29, 0.717) is 29.7 Å². The van der Waals surface area contributed by atoms with Crippen molar-refractivity contribution in [2.24, 2.45) is 0 Å². The standard InChI is InChI=1S/C26H33F3N4O5/c1-6-37-22(26(27,28)29)33-21-16-19(32-24(35)36-5)10-11-20(21)17-12-14-30-18(15-17)9-7-8-13-31-23(34)38-25(2,3)4/h8,10-16,22,33H,6-7,9H2,1-5H3,(H,31,34)(H,32,35). The van der Waals surface area contributed by atoms with Crippen LogP contribution in [0.2, 0.25) is 0 Å². The number of aromatic nitrogens is 1. The number of methoxy groups -OCH3 is 1. The third-order valence-electron chi connectivity index (χ3n) is 4.78. The molecule has 2 rings (SSSR count). The number of aryl methyl sites for hydroxylation is 1. The van der Waals surface area contributed by atoms with Gasteiger partial charge in [-0.15, -0.1) is 0 Å². The first-order chi connectivity index (χ1) is 17.8. The highest BCUT2D eigenvalue weighted by Crippen LogP contribution is 2.34. The van der Waals surface area contributed by atoms with Crippen molar-refractivity contribution < 1.29 is 37.0 Å². The van der Waals surface area contributed by atoms with Crippen LogP contribution in [-0.4, -0.2) is 48.9 Å². The topological polar surface area (TPSA) is 111 Å². The Morgan fingerprint density at radius 1 is 1.11 bits per heavy atom. The lowest BCUT2D eigenvalue weighted by molar-refractivity contribution is -0.209. The van der Waals surface area contributed by atoms with Gasteiger partial charge in [0.15, 0.2) is 0 Å². The second-order valence-electron chi connectivity index (χ2n) is 9.02. The molecule has 38 heavy (non-hydrogen) atoms. The molecule has 0 saturated heterocycles. The normalized spacial score (nSPS) is 12.6. The summed E-state index contributed by atoms with van der Waals surface area (Å²) in [5, 5.41) is 7.37. The first kappa shape index (κ1) is 30.4. The zero-order chi connectivity index (χ0) is 28.3. The second-order valence-corrected chi connectivity index (χ2v) is 9.02. The number of alkyl carbamates (subject to hydrolysis) is 1. The highest BCUT2D eigenvalue weighted by atomic mass is 19.4. The molecule has 1 aromatic heterocycles. The number of carbonyl (C=O) groups is 2. The molecular formula is C26H33F3N4O5. The second kappa shape index (κ2) is 13.7. The summed E-state index contributed by atoms with van der Waals surface area (Å²) in [6.07, 6.45) is -2.43. The lowest BCUT2D eigenvalue weighted by atomic mass is 10.0. The Kier molecular flexibility index (Phi) is 10.9. The molecular weight excluding hydrogens is 505 g/mol. The van der Waals surface area contributed by atoms with E-state index in [4.69, 9.17) is 9.47 Å². The van der Waals surface area contributed by atoms with Crippen LogP contribution in [0.25, 0.3) is 11.1 Å². The SMILES string of the molecule is CCOC(Nc1cc(NC(=O)OC)ccc1-c1ccnc(CCC=CNC(=O)OC(C)(C)C)c1)C(F)(F)F. The predicted octanol–water partition coefficient (Wildman–Crippen LogP) is 6.23. The van der Waals surface area contributed by atoms with Crippen molar-refractivity contribution in [3.05, 3.63) is 54.5 Å². The number of pyridine rings is 1. The molecule has 0 saturated carbocycles. The summed E-state index contributed by atoms with van der Waals surface area (Å²) in [5.74, 6) is 0. The average molecular weight is 539 g/mol. The van der Waals surface area contributed by atoms with Crippen LogP contribution in [0.15, 0.2) is 48.8 Å². The third kappa shape index (κ3) is 10.3. The van der Waals surface area contributed by atoms with Crippen molar-refractivity contribution >= 4 is 23.6 Å². The number of hydrogen-bond acceptors (Lipinski definition) is 7. The molecule has 0 fully saturated rings. The first-order valence-electron chi connectivity index (χ1n) is 11.9. The Balaban J connectivity index is 2.24. The number of carbonyl (C=O) groups excluding carboxylic acids is 2. The maximum atomic E-state index is 13.6. The maximum absolute atomic E-state index is 13.6. The maximum Gasteiger partial charge on any atom is 0.433 e. The van der Waals surface area contributed by atoms with E-state index in [0.717, 1.165) is 0 Å². The minimum Gasteiger partial charge on any atom is -0.453 e. The summed E-state index contributed by atoms with van der Waals surface area (Å²) in [5.41, 5.74) is 1.46. The van der Waals surface area contributed by atoms with Gasteiger partial charge in [-0.05, 0) is 70.4 Å². The Bertz CT molecular complexity index is 1120. The summed E-state index contributed by atoms with van der Waals surface area (Å²) in [7, 11) is 1.18. The summed E-state index contributed by atoms with van der Waals surface area (Å²) >= 11 is 0. The highest BCUT2D eigenvalue weighted by Gasteiger charge is 2.41. The number of nitrogens with one attached hydrogen (secondary N) is 3. The largest absolute Gasteiger partial charge is 0.453 e. The number of amides is 2. The summed E-state index contributed by atoms with van der Waals surface area (Å²) in [6.45, 7) is 6.59. The summed E-state index contributed by atoms with van der Waals surface area (Å²) in [4.78, 5) is 27.6. The smallest absolute Gasteiger partial charge is 0.433 e. The van der Waals surface area contributed by atoms with Crippen LogP contribution in [-0.2, 0) is 20.6 Å². The fourth-order valence-electron chi connectivity index (χ4n) is 3.22. The van der Waals surface area contributed by atoms with Gasteiger partial charge in [-0.25, -0.2) is 9.59 Å². The van der Waals surface area contributed by atoms with Crippen LogP contribution >= 0.6 is 0 Å². The van der Waals surface area contributed by atoms with Crippen molar-refractivity contribution in [3.63, 3.8) is 0 Å². The van der Waals surface area contributed by atoms with E-state index < -0.39 is 30.2 Å². The van der Waals surface area contributed by atoms with Crippen LogP contribution in [0.5, 0.6) is 0 Å². The van der Waals surface area contributed by atoms with Crippen LogP contribution in [0.3, 0.4) is 0 Å². The van der Waals surface area contributed by atoms with E-state index in [-0.39, 0.29) is 18.0 Å². The van der Waals surface area contributed by atoms with E-state index in [2.05, 4.69) is 25.7 Å². The molecule has 1 unspecified atom stereocenters. The molecule has 2 aromatic rings. The molecule has 0 aliphatic heterocycles. The minimum absolute atomic E-state index is 0.0910. The quantitative estimate of drug-likeness (QED) is 0.307. The molecule has 2 amide bonds. The molecule has 1 heterocycles. The number of halogens is 3. The van der Waals surface area contributed by atoms with Gasteiger partial charge in [0, 0.05) is 41.6 Å². The number of benzene rings is 1. The first-order valence-corrected chi connectivity index (χ1v) is 11.9. The van der Waals surface area contributed by atoms with Gasteiger partial charge in [-0.3, -0.25) is 15.6 Å². The number of rotatable bonds is 10. The van der Waals surface area contributed by atoms with Gasteiger partial charge < -0.3 is 19.5 Å². The number of allylic oxidation sites excluding steroid dienone is 1. The number of ether oxygens (including phenoxy) is 3. The zero-order valence-corrected chi connectivity index (χ0v) is 21.9. The predicted molar refractivity (Wildman–Crippen MR) is 138 cm³/mol. The van der Waals surface area contributed by atoms with E-state index in [1.165, 1.54) is 26.3 Å². The van der Waals surface area contributed by atoms with Crippen molar-refractivity contribution in [2.75, 3.05) is 24.4 Å². The number of alkyl halides is 3. The van der Waals surface area contributed by atoms with E-state index in [1.807, 2.05) is 0 Å². The van der Waals surface area contributed by atoms with Gasteiger partial charge in [0.05, 0.1) is 7.11 Å². The van der Waals surface area contributed by atoms with Crippen molar-refractivity contribution in [1.82, 2.24) is 10.3 Å². The lowest BCUT2D eigenvalue weighted by Crippen LogP contribution is -2.38. The number of hydrogen-bond donors (Lipinski definition) is 3. The Hall–Kier alpha value is -3.80. The summed E-state index contributed by atoms with van der Waals surface area (Å²) < 4.78 is 55.3. The molecule has 0 bridgehead atoms. The molecule has 0 aliphatic rings. The van der Waals surface area contributed by atoms with E-state index in [1.54, 1.807) is 57.3 Å². The van der Waals surface area contributed by atoms with Crippen molar-refractivity contribution in [1.29, 1.82) is 0 Å². The van der Waals surface area contributed by atoms with Crippen LogP contribution < -0.4 is 16.0 Å². The van der Waals surface area contributed by atoms with Crippen molar-refractivity contribution in [3.8, 4) is 11.1 Å². The third-order valence-corrected chi connectivity index (χ3v) is 4.78. The van der Waals surface area contributed by atoms with Gasteiger partial charge in [0.25, 0.3) is 0 Å². The molecule has 0 radical (unpaired) electrons. The fourth-order valence-corrected chi connectivity index (χ4v) is 3.22. The average Bonchev–Trinajstić information content (AvgIpc) is 2.82. The van der Waals surface area contributed by atoms with Gasteiger partial charge in [-0.1, -0.05) is 12.1 Å². The molecule has 12 heteroatoms. The zero-order valence-electron chi connectivity index (χ0n) is 21.9. The molecule has 1 aromatic carbocycles. The number of anilines is 2. The van der Waals surface area contributed by atoms with Crippen molar-refractivity contribution in [2.45, 2.75) is 58.5 Å². The molecule has 3 N–H and O–H groups in total. The molecule has 208 valence electrons. The Morgan fingerprint density at radius 2 is 1.84 bits per heavy atom. The number of nitrogens with zero attached hydrogens (tertiary/aromatic N) is 1. The summed E-state index contributed by atoms with van der Waals surface area (Å²) in [6, 6.07) is 7.92. The molecule has 0 aliphatic carbocycles. The van der Waals surface area contributed by atoms with Gasteiger partial charge in [-0.2, -0.15) is 13.2 Å². The van der Waals surface area contributed by atoms with Crippen LogP contribution in [0.1, 0.15) is 39.8 Å². The van der Waals surface area contributed by atoms with Crippen LogP contribution in [0, 0.1) is 0 Å². The van der Waals surface area contributed by atoms with Gasteiger partial charge >= 0.3 is 18.4 Å². The molecule has 9 nitrogen and oxygen atoms in total. The highest BCUT2D eigenvalue weighted by molar-refractivity contribution is 5.88. The molecule has 1 atom stereocenters. The minimum atomic E-state index is -4.68. The Labute approximate surface area is 219 Å². The monoisotopic (exact) mass is 538 g/mol.